The van der Waals surface area contributed by atoms with E-state index in [1.807, 2.05) is 24.3 Å². The molecule has 6 heteroatoms. The molecule has 0 fully saturated rings. The van der Waals surface area contributed by atoms with Gasteiger partial charge in [-0.2, -0.15) is 0 Å². The van der Waals surface area contributed by atoms with Gasteiger partial charge >= 0.3 is 0 Å². The lowest BCUT2D eigenvalue weighted by atomic mass is 10.1. The second-order valence-electron chi connectivity index (χ2n) is 5.52. The van der Waals surface area contributed by atoms with Gasteiger partial charge in [0.15, 0.2) is 0 Å². The van der Waals surface area contributed by atoms with Gasteiger partial charge in [-0.15, -0.1) is 0 Å². The molecule has 25 heavy (non-hydrogen) atoms. The van der Waals surface area contributed by atoms with Gasteiger partial charge in [0.25, 0.3) is 0 Å². The van der Waals surface area contributed by atoms with Crippen LogP contribution in [0.3, 0.4) is 0 Å². The van der Waals surface area contributed by atoms with Crippen molar-refractivity contribution < 1.29 is 14.7 Å². The van der Waals surface area contributed by atoms with Crippen molar-refractivity contribution in [3.8, 4) is 5.75 Å². The minimum Gasteiger partial charge on any atom is -0.508 e. The molecule has 2 aromatic carbocycles. The summed E-state index contributed by atoms with van der Waals surface area (Å²) in [6.45, 7) is 0. The molecule has 0 unspecified atom stereocenters. The Balaban J connectivity index is 1.77. The molecule has 0 aliphatic carbocycles. The van der Waals surface area contributed by atoms with Crippen LogP contribution in [0.4, 0.5) is 0 Å². The summed E-state index contributed by atoms with van der Waals surface area (Å²) in [7, 11) is 0. The first-order valence-electron chi connectivity index (χ1n) is 7.73. The number of amides is 1. The summed E-state index contributed by atoms with van der Waals surface area (Å²) in [5.41, 5.74) is 1.60. The van der Waals surface area contributed by atoms with Crippen molar-refractivity contribution in [2.75, 3.05) is 0 Å². The number of nitrogens with zero attached hydrogens (tertiary/aromatic N) is 1. The second-order valence-corrected chi connectivity index (χ2v) is 7.36. The third-order valence-electron chi connectivity index (χ3n) is 3.52. The number of carbonyl (C=O) groups excluding carboxylic acids is 2. The monoisotopic (exact) mass is 465 g/mol. The summed E-state index contributed by atoms with van der Waals surface area (Å²) < 4.78 is 1.81. The van der Waals surface area contributed by atoms with Gasteiger partial charge < -0.3 is 5.11 Å². The number of phenols is 1. The Kier molecular flexibility index (Phi) is 7.52. The van der Waals surface area contributed by atoms with Crippen LogP contribution in [-0.2, 0) is 22.4 Å². The molecule has 1 N–H and O–H groups in total. The Morgan fingerprint density at radius 3 is 2.40 bits per heavy atom. The Morgan fingerprint density at radius 1 is 1.00 bits per heavy atom. The number of ketones is 1. The first-order chi connectivity index (χ1) is 11.9. The molecule has 4 nitrogen and oxygen atoms in total. The highest BCUT2D eigenvalue weighted by molar-refractivity contribution is 9.10. The van der Waals surface area contributed by atoms with Crippen LogP contribution in [0.2, 0.25) is 0 Å². The average molecular weight is 467 g/mol. The van der Waals surface area contributed by atoms with Gasteiger partial charge in [0.05, 0.1) is 0 Å². The van der Waals surface area contributed by atoms with Gasteiger partial charge in [0, 0.05) is 46.4 Å². The summed E-state index contributed by atoms with van der Waals surface area (Å²) in [4.78, 5) is 27.5. The van der Waals surface area contributed by atoms with Crippen LogP contribution in [0, 0.1) is 0 Å². The minimum atomic E-state index is -0.335. The molecule has 0 radical (unpaired) electrons. The smallest absolute Gasteiger partial charge is 0.245 e. The minimum absolute atomic E-state index is 0.00973. The number of aromatic hydroxyl groups is 1. The van der Waals surface area contributed by atoms with Crippen molar-refractivity contribution in [3.63, 3.8) is 0 Å². The van der Waals surface area contributed by atoms with E-state index in [1.165, 1.54) is 6.21 Å². The summed E-state index contributed by atoms with van der Waals surface area (Å²) >= 11 is 6.67. The van der Waals surface area contributed by atoms with E-state index in [-0.39, 0.29) is 30.3 Å². The number of aliphatic imine (C=N–C) groups is 1. The molecule has 2 aromatic rings. The molecule has 0 saturated carbocycles. The van der Waals surface area contributed by atoms with Crippen molar-refractivity contribution in [1.29, 1.82) is 0 Å². The molecule has 0 bridgehead atoms. The third kappa shape index (κ3) is 6.92. The molecule has 0 saturated heterocycles. The van der Waals surface area contributed by atoms with Crippen molar-refractivity contribution in [1.82, 2.24) is 0 Å². The molecule has 0 aliphatic rings. The fraction of sp³-hybridized carbons (Fsp3) is 0.211. The van der Waals surface area contributed by atoms with E-state index in [2.05, 4.69) is 36.9 Å². The number of Topliss-reactive ketones (excluding diaryl/α,β-unsaturated/α-hetero) is 1. The van der Waals surface area contributed by atoms with Crippen LogP contribution in [0.5, 0.6) is 5.75 Å². The molecular weight excluding hydrogens is 450 g/mol. The third-order valence-corrected chi connectivity index (χ3v) is 4.54. The van der Waals surface area contributed by atoms with Gasteiger partial charge in [0.2, 0.25) is 5.91 Å². The molecule has 0 aliphatic heterocycles. The largest absolute Gasteiger partial charge is 0.508 e. The van der Waals surface area contributed by atoms with E-state index in [4.69, 9.17) is 0 Å². The van der Waals surface area contributed by atoms with Crippen LogP contribution in [0.1, 0.15) is 24.0 Å². The molecule has 0 heterocycles. The number of hydrogen-bond donors (Lipinski definition) is 1. The molecule has 1 amide bonds. The van der Waals surface area contributed by atoms with E-state index >= 15 is 0 Å². The number of carbonyl (C=O) groups is 2. The SMILES string of the molecule is O=C(CCC(=O)N=CCc1cc(Br)ccc1O)Cc1ccc(Br)cc1. The average Bonchev–Trinajstić information content (AvgIpc) is 2.58. The van der Waals surface area contributed by atoms with E-state index in [0.29, 0.717) is 18.4 Å². The first kappa shape index (κ1) is 19.5. The fourth-order valence-electron chi connectivity index (χ4n) is 2.19. The van der Waals surface area contributed by atoms with Crippen LogP contribution in [0.25, 0.3) is 0 Å². The van der Waals surface area contributed by atoms with Crippen molar-refractivity contribution in [3.05, 3.63) is 62.5 Å². The van der Waals surface area contributed by atoms with Gasteiger partial charge in [-0.05, 0) is 35.9 Å². The highest BCUT2D eigenvalue weighted by Crippen LogP contribution is 2.21. The Bertz CT molecular complexity index is 786. The maximum absolute atomic E-state index is 11.9. The Labute approximate surface area is 163 Å². The summed E-state index contributed by atoms with van der Waals surface area (Å²) in [6, 6.07) is 12.6. The molecule has 130 valence electrons. The number of halogens is 2. The molecule has 0 aromatic heterocycles. The van der Waals surface area contributed by atoms with E-state index < -0.39 is 0 Å². The lowest BCUT2D eigenvalue weighted by Gasteiger charge is -2.02. The summed E-state index contributed by atoms with van der Waals surface area (Å²) in [6.07, 6.45) is 2.40. The number of phenolic OH excluding ortho intramolecular Hbond substituents is 1. The summed E-state index contributed by atoms with van der Waals surface area (Å²) in [5.74, 6) is -0.166. The van der Waals surface area contributed by atoms with Gasteiger partial charge in [0.1, 0.15) is 11.5 Å². The van der Waals surface area contributed by atoms with Crippen LogP contribution in [0.15, 0.2) is 56.4 Å². The lowest BCUT2D eigenvalue weighted by Crippen LogP contribution is -2.06. The lowest BCUT2D eigenvalue weighted by molar-refractivity contribution is -0.123. The Hall–Kier alpha value is -1.79. The summed E-state index contributed by atoms with van der Waals surface area (Å²) in [5, 5.41) is 9.72. The van der Waals surface area contributed by atoms with E-state index in [1.54, 1.807) is 18.2 Å². The standard InChI is InChI=1S/C19H17Br2NO3/c20-15-3-1-13(2-4-15)11-17(23)6-8-19(25)22-10-9-14-12-16(21)5-7-18(14)24/h1-5,7,10,12,24H,6,8-9,11H2. The van der Waals surface area contributed by atoms with Crippen LogP contribution >= 0.6 is 31.9 Å². The second kappa shape index (κ2) is 9.63. The zero-order chi connectivity index (χ0) is 18.2. The predicted molar refractivity (Wildman–Crippen MR) is 105 cm³/mol. The van der Waals surface area contributed by atoms with Crippen molar-refractivity contribution in [2.45, 2.75) is 25.7 Å². The zero-order valence-corrected chi connectivity index (χ0v) is 16.6. The molecule has 0 atom stereocenters. The number of hydrogen-bond acceptors (Lipinski definition) is 3. The highest BCUT2D eigenvalue weighted by Gasteiger charge is 2.07. The van der Waals surface area contributed by atoms with Crippen LogP contribution in [-0.4, -0.2) is 23.0 Å². The van der Waals surface area contributed by atoms with E-state index in [9.17, 15) is 14.7 Å². The van der Waals surface area contributed by atoms with Crippen molar-refractivity contribution >= 4 is 49.8 Å². The Morgan fingerprint density at radius 2 is 1.68 bits per heavy atom. The normalized spacial score (nSPS) is 11.0. The highest BCUT2D eigenvalue weighted by atomic mass is 79.9. The van der Waals surface area contributed by atoms with E-state index in [0.717, 1.165) is 14.5 Å². The van der Waals surface area contributed by atoms with Gasteiger partial charge in [-0.25, -0.2) is 4.99 Å². The maximum atomic E-state index is 11.9. The van der Waals surface area contributed by atoms with Crippen molar-refractivity contribution in [2.24, 2.45) is 4.99 Å². The predicted octanol–water partition coefficient (Wildman–Crippen LogP) is 4.65. The van der Waals surface area contributed by atoms with Crippen LogP contribution < -0.4 is 0 Å². The number of rotatable bonds is 7. The maximum Gasteiger partial charge on any atom is 0.245 e. The zero-order valence-electron chi connectivity index (χ0n) is 13.4. The van der Waals surface area contributed by atoms with Gasteiger partial charge in [-0.3, -0.25) is 9.59 Å². The quantitative estimate of drug-likeness (QED) is 0.604. The number of benzene rings is 2. The topological polar surface area (TPSA) is 66.7 Å². The van der Waals surface area contributed by atoms with Gasteiger partial charge in [-0.1, -0.05) is 44.0 Å². The molecule has 2 rings (SSSR count). The first-order valence-corrected chi connectivity index (χ1v) is 9.31. The molecular formula is C19H17Br2NO3. The fourth-order valence-corrected chi connectivity index (χ4v) is 2.87. The molecule has 0 spiro atoms.